The molecule has 3 aliphatic carbocycles. The maximum atomic E-state index is 4.77. The number of dihydropyridines is 1. The Balaban J connectivity index is 1.37. The van der Waals surface area contributed by atoms with Gasteiger partial charge < -0.3 is 4.90 Å². The highest BCUT2D eigenvalue weighted by Crippen LogP contribution is 2.56. The molecule has 1 aliphatic heterocycles. The molecule has 2 nitrogen and oxygen atoms in total. The Labute approximate surface area is 325 Å². The van der Waals surface area contributed by atoms with Gasteiger partial charge in [-0.3, -0.25) is 4.99 Å². The van der Waals surface area contributed by atoms with Crippen LogP contribution in [0, 0.1) is 5.92 Å². The number of allylic oxidation sites excluding steroid dienone is 6. The van der Waals surface area contributed by atoms with Gasteiger partial charge in [0.05, 0.1) is 0 Å². The predicted octanol–water partition coefficient (Wildman–Crippen LogP) is 13.3. The summed E-state index contributed by atoms with van der Waals surface area (Å²) in [5.74, 6) is 0.650. The monoisotopic (exact) mass is 712 g/mol. The fraction of sp³-hybridized carbons (Fsp3) is 0.226. The van der Waals surface area contributed by atoms with Gasteiger partial charge in [-0.25, -0.2) is 0 Å². The van der Waals surface area contributed by atoms with E-state index in [2.05, 4.69) is 167 Å². The van der Waals surface area contributed by atoms with Crippen LogP contribution in [0.1, 0.15) is 79.0 Å². The number of benzene rings is 6. The van der Waals surface area contributed by atoms with E-state index in [4.69, 9.17) is 4.99 Å². The van der Waals surface area contributed by atoms with E-state index in [0.717, 1.165) is 32.5 Å². The van der Waals surface area contributed by atoms with Gasteiger partial charge in [0.1, 0.15) is 0 Å². The van der Waals surface area contributed by atoms with Crippen molar-refractivity contribution < 1.29 is 0 Å². The third-order valence-corrected chi connectivity index (χ3v) is 12.9. The highest BCUT2D eigenvalue weighted by molar-refractivity contribution is 6.13. The number of rotatable bonds is 6. The Morgan fingerprint density at radius 3 is 2.45 bits per heavy atom. The van der Waals surface area contributed by atoms with Crippen molar-refractivity contribution in [2.45, 2.75) is 46.5 Å². The molecule has 10 rings (SSSR count). The lowest BCUT2D eigenvalue weighted by Gasteiger charge is -2.29. The van der Waals surface area contributed by atoms with Crippen LogP contribution in [0.5, 0.6) is 0 Å². The molecule has 0 N–H and O–H groups in total. The molecule has 0 fully saturated rings. The summed E-state index contributed by atoms with van der Waals surface area (Å²) in [6.07, 6.45) is 20.5. The zero-order valence-electron chi connectivity index (χ0n) is 32.7. The Kier molecular flexibility index (Phi) is 8.23. The van der Waals surface area contributed by atoms with Crippen LogP contribution < -0.4 is 0 Å². The molecule has 55 heavy (non-hydrogen) atoms. The van der Waals surface area contributed by atoms with Gasteiger partial charge in [-0.2, -0.15) is 0 Å². The molecule has 2 unspecified atom stereocenters. The summed E-state index contributed by atoms with van der Waals surface area (Å²) in [5.41, 5.74) is 19.4. The van der Waals surface area contributed by atoms with Crippen LogP contribution in [0.4, 0.5) is 0 Å². The van der Waals surface area contributed by atoms with Crippen molar-refractivity contribution in [2.75, 3.05) is 26.7 Å². The van der Waals surface area contributed by atoms with Gasteiger partial charge in [-0.15, -0.1) is 0 Å². The van der Waals surface area contributed by atoms with Crippen LogP contribution in [0.3, 0.4) is 0 Å². The van der Waals surface area contributed by atoms with Crippen LogP contribution in [-0.4, -0.2) is 37.8 Å². The van der Waals surface area contributed by atoms with Gasteiger partial charge in [-0.05, 0) is 181 Å². The molecule has 4 aliphatic rings. The summed E-state index contributed by atoms with van der Waals surface area (Å²) in [5, 5.41) is 8.00. The van der Waals surface area contributed by atoms with Crippen LogP contribution in [0.2, 0.25) is 0 Å². The summed E-state index contributed by atoms with van der Waals surface area (Å²) in [6.45, 7) is 12.1. The van der Waals surface area contributed by atoms with Crippen LogP contribution in [0.15, 0.2) is 120 Å². The first-order valence-electron chi connectivity index (χ1n) is 20.2. The molecule has 2 heteroatoms. The summed E-state index contributed by atoms with van der Waals surface area (Å²) in [7, 11) is 2.21. The minimum Gasteiger partial charge on any atom is -0.303 e. The lowest BCUT2D eigenvalue weighted by molar-refractivity contribution is 0.391. The molecule has 0 saturated heterocycles. The Bertz CT molecular complexity index is 2800. The highest BCUT2D eigenvalue weighted by atomic mass is 15.1. The highest BCUT2D eigenvalue weighted by Gasteiger charge is 2.35. The molecule has 0 aromatic heterocycles. The average molecular weight is 713 g/mol. The van der Waals surface area contributed by atoms with Gasteiger partial charge >= 0.3 is 0 Å². The Hall–Kier alpha value is -5.57. The molecule has 1 heterocycles. The molecule has 0 radical (unpaired) electrons. The largest absolute Gasteiger partial charge is 0.303 e. The summed E-state index contributed by atoms with van der Waals surface area (Å²) < 4.78 is 0. The van der Waals surface area contributed by atoms with Gasteiger partial charge in [0.2, 0.25) is 0 Å². The number of hydrogen-bond acceptors (Lipinski definition) is 2. The predicted molar refractivity (Wildman–Crippen MR) is 239 cm³/mol. The van der Waals surface area contributed by atoms with Crippen molar-refractivity contribution in [3.8, 4) is 22.3 Å². The van der Waals surface area contributed by atoms with E-state index in [0.29, 0.717) is 11.8 Å². The molecule has 6 aromatic carbocycles. The first-order chi connectivity index (χ1) is 26.9. The van der Waals surface area contributed by atoms with E-state index in [1.54, 1.807) is 0 Å². The molecule has 0 saturated carbocycles. The van der Waals surface area contributed by atoms with Crippen LogP contribution in [-0.2, 0) is 6.42 Å². The minimum atomic E-state index is 0.291. The fourth-order valence-corrected chi connectivity index (χ4v) is 9.98. The molecule has 0 spiro atoms. The number of likely N-dealkylation sites (N-methyl/N-ethyl adjacent to an activating group) is 1. The zero-order valence-corrected chi connectivity index (χ0v) is 32.7. The van der Waals surface area contributed by atoms with E-state index >= 15 is 0 Å². The fourth-order valence-electron chi connectivity index (χ4n) is 9.98. The SMILES string of the molecule is CCN(C)C/C=C(\C)Cc1c2c(c(C3=CC=NCC3C)c3cc4c(cc13)C1CC=Cc3c1c-4cc1ccccc31)-c1cc(c3ccccc3c1)/C=C\C=C\2C. The molecular formula is C53H48N2. The van der Waals surface area contributed by atoms with Crippen molar-refractivity contribution in [2.24, 2.45) is 10.9 Å². The minimum absolute atomic E-state index is 0.291. The summed E-state index contributed by atoms with van der Waals surface area (Å²) in [6, 6.07) is 30.5. The van der Waals surface area contributed by atoms with Gasteiger partial charge in [0, 0.05) is 31.1 Å². The zero-order chi connectivity index (χ0) is 37.4. The van der Waals surface area contributed by atoms with E-state index in [1.807, 2.05) is 0 Å². The van der Waals surface area contributed by atoms with Gasteiger partial charge in [-0.1, -0.05) is 104 Å². The molecule has 2 atom stereocenters. The topological polar surface area (TPSA) is 15.6 Å². The standard InChI is InChI=1S/C53H48N2/c1-6-55(5)24-22-32(2)25-47-46-29-44-43-20-12-19-42-41-18-10-8-15-37(41)28-48(52(42)43)45(44)30-49(46)53(39-21-23-54-31-34(39)4)51-38-26-35-14-7-9-17-40(35)36(27-38)16-11-13-33(3)50(47)51/h7-19,21-23,26-30,34,43H,6,20,24-25,31H2,1-5H3/b16-11-,32-22+,33-13+. The molecule has 0 amide bonds. The number of fused-ring (bicyclic) bond motifs is 12. The van der Waals surface area contributed by atoms with Crippen molar-refractivity contribution in [3.05, 3.63) is 154 Å². The average Bonchev–Trinajstić information content (AvgIpc) is 3.53. The first-order valence-corrected chi connectivity index (χ1v) is 20.2. The second-order valence-corrected chi connectivity index (χ2v) is 16.4. The smallest absolute Gasteiger partial charge is 0.0455 e. The van der Waals surface area contributed by atoms with Crippen molar-refractivity contribution >= 4 is 61.8 Å². The molecular weight excluding hydrogens is 665 g/mol. The first kappa shape index (κ1) is 34.0. The second kappa shape index (κ2) is 13.3. The Morgan fingerprint density at radius 1 is 0.836 bits per heavy atom. The summed E-state index contributed by atoms with van der Waals surface area (Å²) >= 11 is 0. The van der Waals surface area contributed by atoms with Crippen molar-refractivity contribution in [1.82, 2.24) is 4.90 Å². The van der Waals surface area contributed by atoms with E-state index in [1.165, 1.54) is 110 Å². The van der Waals surface area contributed by atoms with E-state index < -0.39 is 0 Å². The number of hydrogen-bond donors (Lipinski definition) is 0. The third kappa shape index (κ3) is 5.45. The van der Waals surface area contributed by atoms with Crippen molar-refractivity contribution in [3.63, 3.8) is 0 Å². The Morgan fingerprint density at radius 2 is 1.64 bits per heavy atom. The lowest BCUT2D eigenvalue weighted by Crippen LogP contribution is -2.17. The van der Waals surface area contributed by atoms with Crippen LogP contribution in [0.25, 0.3) is 77.9 Å². The second-order valence-electron chi connectivity index (χ2n) is 16.4. The van der Waals surface area contributed by atoms with Crippen LogP contribution >= 0.6 is 0 Å². The number of aliphatic imine (C=N–C) groups is 1. The normalized spacial score (nSPS) is 19.8. The van der Waals surface area contributed by atoms with Gasteiger partial charge in [0.15, 0.2) is 0 Å². The van der Waals surface area contributed by atoms with E-state index in [-0.39, 0.29) is 0 Å². The quantitative estimate of drug-likeness (QED) is 0.157. The maximum absolute atomic E-state index is 4.77. The molecule has 6 aromatic rings. The summed E-state index contributed by atoms with van der Waals surface area (Å²) in [4.78, 5) is 7.15. The van der Waals surface area contributed by atoms with Crippen molar-refractivity contribution in [1.29, 1.82) is 0 Å². The maximum Gasteiger partial charge on any atom is 0.0455 e. The van der Waals surface area contributed by atoms with Gasteiger partial charge in [0.25, 0.3) is 0 Å². The molecule has 2 bridgehead atoms. The lowest BCUT2D eigenvalue weighted by atomic mass is 9.75. The number of nitrogens with zero attached hydrogens (tertiary/aromatic N) is 2. The van der Waals surface area contributed by atoms with E-state index in [9.17, 15) is 0 Å². The third-order valence-electron chi connectivity index (χ3n) is 12.9. The molecule has 270 valence electrons.